The van der Waals surface area contributed by atoms with Crippen LogP contribution in [0.4, 0.5) is 0 Å². The van der Waals surface area contributed by atoms with Gasteiger partial charge in [0.1, 0.15) is 0 Å². The van der Waals surface area contributed by atoms with Crippen molar-refractivity contribution in [3.63, 3.8) is 0 Å². The summed E-state index contributed by atoms with van der Waals surface area (Å²) in [6, 6.07) is 4.42. The van der Waals surface area contributed by atoms with Gasteiger partial charge in [-0.25, -0.2) is 4.79 Å². The molecule has 6 heteroatoms. The van der Waals surface area contributed by atoms with Crippen molar-refractivity contribution in [1.29, 1.82) is 0 Å². The molecule has 0 saturated heterocycles. The molecule has 0 atom stereocenters. The van der Waals surface area contributed by atoms with Crippen LogP contribution in [0.3, 0.4) is 0 Å². The Balaban J connectivity index is 2.62. The van der Waals surface area contributed by atoms with Crippen LogP contribution >= 0.6 is 0 Å². The number of carbonyl (C=O) groups is 2. The van der Waals surface area contributed by atoms with Crippen LogP contribution in [0, 0.1) is 5.41 Å². The van der Waals surface area contributed by atoms with E-state index in [-0.39, 0.29) is 23.6 Å². The van der Waals surface area contributed by atoms with Crippen LogP contribution in [0.1, 0.15) is 26.3 Å². The molecule has 0 heterocycles. The fourth-order valence-electron chi connectivity index (χ4n) is 1.84. The number of nitrogens with one attached hydrogen (secondary N) is 1. The fourth-order valence-corrected chi connectivity index (χ4v) is 1.84. The maximum atomic E-state index is 11.8. The topological polar surface area (TPSA) is 107 Å². The lowest BCUT2D eigenvalue weighted by Gasteiger charge is -2.19. The molecule has 0 radical (unpaired) electrons. The summed E-state index contributed by atoms with van der Waals surface area (Å²) >= 11 is 0. The van der Waals surface area contributed by atoms with E-state index in [0.29, 0.717) is 6.42 Å². The minimum atomic E-state index is -1.12. The molecule has 1 rings (SSSR count). The standard InChI is InChI=1S/C16H21NO5/c1-16(2,3)11(15(21)22)9-14(20)17-7-6-10-4-5-12(18)13(19)8-10/h4-5,8-9,18-19H,6-7H2,1-3H3,(H,17,20)(H,21,22)/b11-9+. The SMILES string of the molecule is CC(C)(C)/C(=C/C(=O)NCCc1ccc(O)c(O)c1)C(=O)O. The molecule has 0 aliphatic rings. The average Bonchev–Trinajstić information content (AvgIpc) is 2.38. The molecule has 1 aromatic carbocycles. The van der Waals surface area contributed by atoms with Gasteiger partial charge in [0.15, 0.2) is 11.5 Å². The Hall–Kier alpha value is -2.50. The lowest BCUT2D eigenvalue weighted by Crippen LogP contribution is -2.27. The van der Waals surface area contributed by atoms with E-state index in [9.17, 15) is 19.8 Å². The summed E-state index contributed by atoms with van der Waals surface area (Å²) in [5, 5.41) is 30.3. The zero-order valence-corrected chi connectivity index (χ0v) is 12.9. The van der Waals surface area contributed by atoms with Gasteiger partial charge in [-0.05, 0) is 29.5 Å². The third-order valence-corrected chi connectivity index (χ3v) is 3.07. The van der Waals surface area contributed by atoms with Gasteiger partial charge in [0.2, 0.25) is 5.91 Å². The molecule has 6 nitrogen and oxygen atoms in total. The smallest absolute Gasteiger partial charge is 0.332 e. The highest BCUT2D eigenvalue weighted by Crippen LogP contribution is 2.25. The van der Waals surface area contributed by atoms with Crippen molar-refractivity contribution < 1.29 is 24.9 Å². The van der Waals surface area contributed by atoms with Crippen LogP contribution < -0.4 is 5.32 Å². The molecule has 0 spiro atoms. The summed E-state index contributed by atoms with van der Waals surface area (Å²) in [5.41, 5.74) is 0.146. The first-order valence-electron chi connectivity index (χ1n) is 6.85. The third kappa shape index (κ3) is 5.12. The highest BCUT2D eigenvalue weighted by Gasteiger charge is 2.24. The number of benzene rings is 1. The first kappa shape index (κ1) is 17.6. The maximum absolute atomic E-state index is 11.8. The quantitative estimate of drug-likeness (QED) is 0.490. The summed E-state index contributed by atoms with van der Waals surface area (Å²) in [7, 11) is 0. The average molecular weight is 307 g/mol. The van der Waals surface area contributed by atoms with E-state index < -0.39 is 17.3 Å². The van der Waals surface area contributed by atoms with Gasteiger partial charge in [-0.2, -0.15) is 0 Å². The van der Waals surface area contributed by atoms with E-state index in [0.717, 1.165) is 11.6 Å². The van der Waals surface area contributed by atoms with E-state index in [1.807, 2.05) is 0 Å². The number of carboxylic acid groups (broad SMARTS) is 1. The summed E-state index contributed by atoms with van der Waals surface area (Å²) in [6.45, 7) is 5.45. The molecule has 22 heavy (non-hydrogen) atoms. The Labute approximate surface area is 129 Å². The number of hydrogen-bond acceptors (Lipinski definition) is 4. The largest absolute Gasteiger partial charge is 0.504 e. The van der Waals surface area contributed by atoms with Crippen molar-refractivity contribution in [2.45, 2.75) is 27.2 Å². The summed E-state index contributed by atoms with van der Waals surface area (Å²) < 4.78 is 0. The van der Waals surface area contributed by atoms with Crippen molar-refractivity contribution in [2.75, 3.05) is 6.54 Å². The van der Waals surface area contributed by atoms with E-state index in [2.05, 4.69) is 5.32 Å². The second-order valence-corrected chi connectivity index (χ2v) is 5.98. The first-order chi connectivity index (χ1) is 10.1. The minimum absolute atomic E-state index is 0.0345. The van der Waals surface area contributed by atoms with E-state index in [4.69, 9.17) is 5.11 Å². The van der Waals surface area contributed by atoms with Crippen molar-refractivity contribution in [2.24, 2.45) is 5.41 Å². The number of amides is 1. The van der Waals surface area contributed by atoms with Gasteiger partial charge >= 0.3 is 5.97 Å². The first-order valence-corrected chi connectivity index (χ1v) is 6.85. The molecule has 0 aromatic heterocycles. The zero-order chi connectivity index (χ0) is 16.9. The molecule has 1 amide bonds. The summed E-state index contributed by atoms with van der Waals surface area (Å²) in [6.07, 6.45) is 1.54. The Kier molecular flexibility index (Phi) is 5.56. The molecular formula is C16H21NO5. The van der Waals surface area contributed by atoms with Crippen molar-refractivity contribution in [1.82, 2.24) is 5.32 Å². The Morgan fingerprint density at radius 1 is 1.18 bits per heavy atom. The normalized spacial score (nSPS) is 12.0. The molecule has 1 aromatic rings. The van der Waals surface area contributed by atoms with Gasteiger partial charge in [-0.15, -0.1) is 0 Å². The number of aromatic hydroxyl groups is 2. The molecule has 4 N–H and O–H groups in total. The number of carbonyl (C=O) groups excluding carboxylic acids is 1. The Bertz CT molecular complexity index is 599. The monoisotopic (exact) mass is 307 g/mol. The van der Waals surface area contributed by atoms with Crippen molar-refractivity contribution in [3.05, 3.63) is 35.4 Å². The predicted molar refractivity (Wildman–Crippen MR) is 81.7 cm³/mol. The molecule has 0 aliphatic heterocycles. The van der Waals surface area contributed by atoms with Crippen LogP contribution in [-0.4, -0.2) is 33.7 Å². The number of phenols is 2. The molecule has 120 valence electrons. The van der Waals surface area contributed by atoms with Gasteiger partial charge in [-0.1, -0.05) is 26.8 Å². The van der Waals surface area contributed by atoms with Crippen LogP contribution in [0.25, 0.3) is 0 Å². The summed E-state index contributed by atoms with van der Waals surface area (Å²) in [4.78, 5) is 22.9. The van der Waals surface area contributed by atoms with Gasteiger partial charge in [0.25, 0.3) is 0 Å². The number of phenolic OH excluding ortho intramolecular Hbond substituents is 2. The number of aliphatic carboxylic acids is 1. The minimum Gasteiger partial charge on any atom is -0.504 e. The Morgan fingerprint density at radius 2 is 1.82 bits per heavy atom. The molecule has 0 bridgehead atoms. The predicted octanol–water partition coefficient (Wildman–Crippen LogP) is 1.81. The Morgan fingerprint density at radius 3 is 2.32 bits per heavy atom. The molecule has 0 aliphatic carbocycles. The second-order valence-electron chi connectivity index (χ2n) is 5.98. The third-order valence-electron chi connectivity index (χ3n) is 3.07. The lowest BCUT2D eigenvalue weighted by molar-refractivity contribution is -0.134. The number of hydrogen-bond donors (Lipinski definition) is 4. The highest BCUT2D eigenvalue weighted by atomic mass is 16.4. The maximum Gasteiger partial charge on any atom is 0.332 e. The van der Waals surface area contributed by atoms with Crippen LogP contribution in [0.2, 0.25) is 0 Å². The van der Waals surface area contributed by atoms with Gasteiger partial charge in [-0.3, -0.25) is 4.79 Å². The molecular weight excluding hydrogens is 286 g/mol. The zero-order valence-electron chi connectivity index (χ0n) is 12.9. The van der Waals surface area contributed by atoms with E-state index in [1.54, 1.807) is 26.8 Å². The number of rotatable bonds is 5. The van der Waals surface area contributed by atoms with Crippen molar-refractivity contribution >= 4 is 11.9 Å². The van der Waals surface area contributed by atoms with Crippen LogP contribution in [0.5, 0.6) is 11.5 Å². The summed E-state index contributed by atoms with van der Waals surface area (Å²) in [5.74, 6) is -2.02. The lowest BCUT2D eigenvalue weighted by atomic mass is 9.86. The molecule has 0 fully saturated rings. The molecule has 0 unspecified atom stereocenters. The van der Waals surface area contributed by atoms with Crippen LogP contribution in [-0.2, 0) is 16.0 Å². The van der Waals surface area contributed by atoms with E-state index >= 15 is 0 Å². The number of carboxylic acids is 1. The van der Waals surface area contributed by atoms with E-state index in [1.165, 1.54) is 12.1 Å². The highest BCUT2D eigenvalue weighted by molar-refractivity contribution is 5.98. The second kappa shape index (κ2) is 6.98. The van der Waals surface area contributed by atoms with Gasteiger partial charge in [0.05, 0.1) is 0 Å². The molecule has 0 saturated carbocycles. The van der Waals surface area contributed by atoms with Gasteiger partial charge in [0, 0.05) is 18.2 Å². The van der Waals surface area contributed by atoms with Gasteiger partial charge < -0.3 is 20.6 Å². The van der Waals surface area contributed by atoms with Crippen molar-refractivity contribution in [3.8, 4) is 11.5 Å². The fraction of sp³-hybridized carbons (Fsp3) is 0.375. The van der Waals surface area contributed by atoms with Crippen LogP contribution in [0.15, 0.2) is 29.8 Å².